The third kappa shape index (κ3) is 4.32. The van der Waals surface area contributed by atoms with Gasteiger partial charge in [-0.25, -0.2) is 0 Å². The van der Waals surface area contributed by atoms with Crippen LogP contribution in [-0.4, -0.2) is 28.2 Å². The maximum Gasteiger partial charge on any atom is 0.290 e. The molecule has 1 aromatic heterocycles. The fourth-order valence-corrected chi connectivity index (χ4v) is 1.90. The molecule has 23 heavy (non-hydrogen) atoms. The molecule has 7 heteroatoms. The number of benzene rings is 1. The van der Waals surface area contributed by atoms with Crippen LogP contribution in [0, 0.1) is 20.8 Å². The average Bonchev–Trinajstić information content (AvgIpc) is 2.85. The first-order valence-corrected chi connectivity index (χ1v) is 7.16. The number of carbonyl (C=O) groups excluding carboxylic acids is 2. The Labute approximate surface area is 134 Å². The molecule has 0 saturated carbocycles. The molecule has 0 atom stereocenters. The summed E-state index contributed by atoms with van der Waals surface area (Å²) >= 11 is 0. The number of nitrogens with one attached hydrogen (secondary N) is 2. The topological polar surface area (TPSA) is 85.3 Å². The first-order valence-electron chi connectivity index (χ1n) is 7.16. The van der Waals surface area contributed by atoms with E-state index in [9.17, 15) is 9.59 Å². The van der Waals surface area contributed by atoms with E-state index < -0.39 is 11.8 Å². The molecule has 0 unspecified atom stereocenters. The van der Waals surface area contributed by atoms with Crippen molar-refractivity contribution in [3.05, 3.63) is 46.8 Å². The lowest BCUT2D eigenvalue weighted by molar-refractivity contribution is -0.123. The van der Waals surface area contributed by atoms with Crippen molar-refractivity contribution in [2.24, 2.45) is 7.05 Å². The number of amides is 2. The third-order valence-corrected chi connectivity index (χ3v) is 3.36. The highest BCUT2D eigenvalue weighted by Gasteiger charge is 2.12. The van der Waals surface area contributed by atoms with Crippen LogP contribution >= 0.6 is 0 Å². The zero-order valence-electron chi connectivity index (χ0n) is 13.6. The van der Waals surface area contributed by atoms with Gasteiger partial charge in [-0.1, -0.05) is 12.1 Å². The molecule has 0 saturated heterocycles. The minimum absolute atomic E-state index is 0.189. The van der Waals surface area contributed by atoms with E-state index in [4.69, 9.17) is 4.74 Å². The van der Waals surface area contributed by atoms with Crippen molar-refractivity contribution in [3.8, 4) is 5.75 Å². The van der Waals surface area contributed by atoms with Gasteiger partial charge in [0.05, 0.1) is 0 Å². The first-order chi connectivity index (χ1) is 10.9. The molecule has 0 aliphatic carbocycles. The molecular formula is C16H20N4O3. The first kappa shape index (κ1) is 16.5. The summed E-state index contributed by atoms with van der Waals surface area (Å²) < 4.78 is 7.04. The molecule has 0 bridgehead atoms. The van der Waals surface area contributed by atoms with E-state index in [1.165, 1.54) is 0 Å². The molecule has 2 amide bonds. The number of hydrogen-bond donors (Lipinski definition) is 2. The van der Waals surface area contributed by atoms with Gasteiger partial charge in [-0.3, -0.25) is 25.1 Å². The minimum Gasteiger partial charge on any atom is -0.483 e. The third-order valence-electron chi connectivity index (χ3n) is 3.36. The van der Waals surface area contributed by atoms with Gasteiger partial charge in [0.1, 0.15) is 5.75 Å². The Morgan fingerprint density at radius 3 is 2.57 bits per heavy atom. The van der Waals surface area contributed by atoms with Gasteiger partial charge in [0, 0.05) is 12.7 Å². The Morgan fingerprint density at radius 2 is 1.91 bits per heavy atom. The van der Waals surface area contributed by atoms with Crippen LogP contribution in [0.3, 0.4) is 0 Å². The van der Waals surface area contributed by atoms with Crippen molar-refractivity contribution in [3.63, 3.8) is 0 Å². The van der Waals surface area contributed by atoms with E-state index in [0.29, 0.717) is 5.75 Å². The van der Waals surface area contributed by atoms with Crippen molar-refractivity contribution in [1.82, 2.24) is 20.6 Å². The van der Waals surface area contributed by atoms with Gasteiger partial charge in [0.25, 0.3) is 11.8 Å². The monoisotopic (exact) mass is 316 g/mol. The van der Waals surface area contributed by atoms with Gasteiger partial charge in [-0.2, -0.15) is 5.10 Å². The van der Waals surface area contributed by atoms with Crippen molar-refractivity contribution in [2.75, 3.05) is 6.61 Å². The predicted molar refractivity (Wildman–Crippen MR) is 85.0 cm³/mol. The number of ether oxygens (including phenoxy) is 1. The van der Waals surface area contributed by atoms with E-state index in [1.54, 1.807) is 17.8 Å². The number of hydrazine groups is 1. The number of hydrogen-bond acceptors (Lipinski definition) is 4. The quantitative estimate of drug-likeness (QED) is 0.830. The molecule has 0 radical (unpaired) electrons. The molecule has 1 heterocycles. The number of aryl methyl sites for hydroxylation is 4. The van der Waals surface area contributed by atoms with Crippen LogP contribution in [0.2, 0.25) is 0 Å². The Hall–Kier alpha value is -2.83. The Balaban J connectivity index is 1.83. The van der Waals surface area contributed by atoms with Gasteiger partial charge in [-0.05, 0) is 44.0 Å². The van der Waals surface area contributed by atoms with Gasteiger partial charge in [-0.15, -0.1) is 0 Å². The van der Waals surface area contributed by atoms with Crippen molar-refractivity contribution in [1.29, 1.82) is 0 Å². The minimum atomic E-state index is -0.478. The summed E-state index contributed by atoms with van der Waals surface area (Å²) in [5, 5.41) is 4.03. The second-order valence-electron chi connectivity index (χ2n) is 5.35. The van der Waals surface area contributed by atoms with Crippen molar-refractivity contribution >= 4 is 11.8 Å². The molecule has 0 fully saturated rings. The second-order valence-corrected chi connectivity index (χ2v) is 5.35. The van der Waals surface area contributed by atoms with Crippen LogP contribution in [0.15, 0.2) is 24.3 Å². The molecule has 2 rings (SSSR count). The molecule has 0 spiro atoms. The van der Waals surface area contributed by atoms with E-state index in [2.05, 4.69) is 16.0 Å². The van der Waals surface area contributed by atoms with Crippen LogP contribution in [0.25, 0.3) is 0 Å². The highest BCUT2D eigenvalue weighted by atomic mass is 16.5. The van der Waals surface area contributed by atoms with E-state index in [-0.39, 0.29) is 12.3 Å². The highest BCUT2D eigenvalue weighted by molar-refractivity contribution is 5.93. The Kier molecular flexibility index (Phi) is 5.00. The smallest absolute Gasteiger partial charge is 0.290 e. The summed E-state index contributed by atoms with van der Waals surface area (Å²) in [5.41, 5.74) is 7.68. The van der Waals surface area contributed by atoms with Crippen LogP contribution < -0.4 is 15.6 Å². The second kappa shape index (κ2) is 6.95. The SMILES string of the molecule is Cc1ccc(C)c(OCC(=O)NNC(=O)c2cc(C)n(C)n2)c1. The number of rotatable bonds is 4. The number of carbonyl (C=O) groups is 2. The summed E-state index contributed by atoms with van der Waals surface area (Å²) in [4.78, 5) is 23.6. The fourth-order valence-electron chi connectivity index (χ4n) is 1.90. The van der Waals surface area contributed by atoms with E-state index in [1.807, 2.05) is 39.0 Å². The molecule has 7 nitrogen and oxygen atoms in total. The van der Waals surface area contributed by atoms with Gasteiger partial charge in [0.15, 0.2) is 12.3 Å². The molecule has 122 valence electrons. The molecule has 2 aromatic rings. The summed E-state index contributed by atoms with van der Waals surface area (Å²) in [6.07, 6.45) is 0. The maximum atomic E-state index is 11.8. The lowest BCUT2D eigenvalue weighted by Crippen LogP contribution is -2.44. The van der Waals surface area contributed by atoms with Crippen LogP contribution in [-0.2, 0) is 11.8 Å². The van der Waals surface area contributed by atoms with Gasteiger partial charge >= 0.3 is 0 Å². The largest absolute Gasteiger partial charge is 0.483 e. The normalized spacial score (nSPS) is 10.3. The number of aromatic nitrogens is 2. The molecule has 0 aliphatic heterocycles. The van der Waals surface area contributed by atoms with Gasteiger partial charge in [0.2, 0.25) is 0 Å². The maximum absolute atomic E-state index is 11.8. The van der Waals surface area contributed by atoms with Crippen LogP contribution in [0.5, 0.6) is 5.75 Å². The zero-order valence-corrected chi connectivity index (χ0v) is 13.6. The summed E-state index contributed by atoms with van der Waals surface area (Å²) in [6, 6.07) is 7.39. The Morgan fingerprint density at radius 1 is 1.17 bits per heavy atom. The molecule has 0 aliphatic rings. The molecule has 2 N–H and O–H groups in total. The Bertz CT molecular complexity index is 717. The lowest BCUT2D eigenvalue weighted by atomic mass is 10.1. The summed E-state index contributed by atoms with van der Waals surface area (Å²) in [5.74, 6) is -0.285. The summed E-state index contributed by atoms with van der Waals surface area (Å²) in [6.45, 7) is 5.49. The van der Waals surface area contributed by atoms with Crippen LogP contribution in [0.4, 0.5) is 0 Å². The lowest BCUT2D eigenvalue weighted by Gasteiger charge is -2.10. The van der Waals surface area contributed by atoms with Crippen molar-refractivity contribution in [2.45, 2.75) is 20.8 Å². The fraction of sp³-hybridized carbons (Fsp3) is 0.312. The molecular weight excluding hydrogens is 296 g/mol. The number of nitrogens with zero attached hydrogens (tertiary/aromatic N) is 2. The zero-order chi connectivity index (χ0) is 17.0. The van der Waals surface area contributed by atoms with E-state index >= 15 is 0 Å². The highest BCUT2D eigenvalue weighted by Crippen LogP contribution is 2.18. The van der Waals surface area contributed by atoms with E-state index in [0.717, 1.165) is 16.8 Å². The van der Waals surface area contributed by atoms with Crippen LogP contribution in [0.1, 0.15) is 27.3 Å². The standard InChI is InChI=1S/C16H20N4O3/c1-10-5-6-11(2)14(7-10)23-9-15(21)17-18-16(22)13-8-12(3)20(4)19-13/h5-8H,9H2,1-4H3,(H,17,21)(H,18,22). The van der Waals surface area contributed by atoms with Crippen molar-refractivity contribution < 1.29 is 14.3 Å². The predicted octanol–water partition coefficient (Wildman–Crippen LogP) is 1.19. The molecule has 1 aromatic carbocycles. The summed E-state index contributed by atoms with van der Waals surface area (Å²) in [7, 11) is 1.74. The average molecular weight is 316 g/mol. The van der Waals surface area contributed by atoms with Gasteiger partial charge < -0.3 is 4.74 Å².